The molecular weight excluding hydrogens is 552 g/mol. The Labute approximate surface area is 221 Å². The molecule has 5 nitrogen and oxygen atoms in total. The third-order valence-electron chi connectivity index (χ3n) is 5.30. The molecule has 0 aliphatic rings. The van der Waals surface area contributed by atoms with Crippen LogP contribution in [0.15, 0.2) is 73.1 Å². The van der Waals surface area contributed by atoms with Crippen molar-refractivity contribution in [2.45, 2.75) is 12.4 Å². The summed E-state index contributed by atoms with van der Waals surface area (Å²) in [5, 5.41) is 0. The normalized spacial score (nSPS) is 11.8. The Morgan fingerprint density at radius 1 is 0.600 bits per heavy atom. The van der Waals surface area contributed by atoms with Crippen LogP contribution < -0.4 is 9.47 Å². The molecule has 2 aromatic heterocycles. The molecule has 40 heavy (non-hydrogen) atoms. The zero-order chi connectivity index (χ0) is 29.1. The second-order valence-corrected chi connectivity index (χ2v) is 8.22. The molecule has 0 saturated carbocycles. The minimum Gasteiger partial charge on any atom is -0.483 e. The lowest BCUT2D eigenvalue weighted by Crippen LogP contribution is -2.22. The van der Waals surface area contributed by atoms with Gasteiger partial charge < -0.3 is 9.47 Å². The van der Waals surface area contributed by atoms with Crippen LogP contribution in [-0.2, 0) is 0 Å². The van der Waals surface area contributed by atoms with Gasteiger partial charge in [-0.05, 0) is 60.7 Å². The van der Waals surface area contributed by atoms with E-state index in [1.54, 1.807) is 0 Å². The lowest BCUT2D eigenvalue weighted by Gasteiger charge is -2.19. The number of benzene rings is 2. The van der Waals surface area contributed by atoms with E-state index < -0.39 is 65.6 Å². The van der Waals surface area contributed by atoms with Gasteiger partial charge in [0.25, 0.3) is 0 Å². The number of pyridine rings is 2. The van der Waals surface area contributed by atoms with E-state index in [0.717, 1.165) is 48.8 Å². The molecule has 0 amide bonds. The van der Waals surface area contributed by atoms with E-state index in [0.29, 0.717) is 0 Å². The van der Waals surface area contributed by atoms with E-state index in [1.807, 2.05) is 0 Å². The molecule has 0 atom stereocenters. The Hall–Kier alpha value is -4.55. The van der Waals surface area contributed by atoms with Crippen molar-refractivity contribution >= 4 is 5.78 Å². The summed E-state index contributed by atoms with van der Waals surface area (Å²) < 4.78 is 115. The number of alkyl halides is 6. The highest BCUT2D eigenvalue weighted by atomic mass is 19.4. The number of halogens is 8. The van der Waals surface area contributed by atoms with Crippen LogP contribution in [0.25, 0.3) is 22.5 Å². The third-order valence-corrected chi connectivity index (χ3v) is 5.30. The summed E-state index contributed by atoms with van der Waals surface area (Å²) in [6, 6.07) is 10.8. The number of rotatable bonds is 8. The molecule has 2 heterocycles. The molecule has 4 aromatic rings. The third kappa shape index (κ3) is 6.90. The first-order valence-electron chi connectivity index (χ1n) is 11.3. The Morgan fingerprint density at radius 2 is 0.950 bits per heavy atom. The standard InChI is InChI=1S/C27H16F8N2O3/c28-17-5-1-15(2-6-17)23-21(19(9-11-36-23)39-13-26(30,31)32)25(38)22-20(40-14-27(33,34)35)10-12-37-24(22)16-3-7-18(29)8-4-16/h1-12H,13-14H2. The van der Waals surface area contributed by atoms with E-state index in [-0.39, 0.29) is 22.5 Å². The number of hydrogen-bond donors (Lipinski definition) is 0. The van der Waals surface area contributed by atoms with Gasteiger partial charge in [-0.2, -0.15) is 26.3 Å². The fourth-order valence-electron chi connectivity index (χ4n) is 3.67. The molecule has 0 unspecified atom stereocenters. The van der Waals surface area contributed by atoms with E-state index in [2.05, 4.69) is 9.97 Å². The summed E-state index contributed by atoms with van der Waals surface area (Å²) >= 11 is 0. The zero-order valence-electron chi connectivity index (χ0n) is 20.0. The van der Waals surface area contributed by atoms with Crippen LogP contribution in [0.1, 0.15) is 15.9 Å². The predicted molar refractivity (Wildman–Crippen MR) is 126 cm³/mol. The van der Waals surface area contributed by atoms with Gasteiger partial charge in [-0.3, -0.25) is 14.8 Å². The molecule has 13 heteroatoms. The molecule has 0 N–H and O–H groups in total. The van der Waals surface area contributed by atoms with E-state index in [1.165, 1.54) is 24.3 Å². The number of carbonyl (C=O) groups excluding carboxylic acids is 1. The highest BCUT2D eigenvalue weighted by Gasteiger charge is 2.34. The molecule has 0 saturated heterocycles. The van der Waals surface area contributed by atoms with Gasteiger partial charge in [-0.15, -0.1) is 0 Å². The molecule has 0 fully saturated rings. The lowest BCUT2D eigenvalue weighted by atomic mass is 9.93. The van der Waals surface area contributed by atoms with Crippen LogP contribution >= 0.6 is 0 Å². The summed E-state index contributed by atoms with van der Waals surface area (Å²) in [5.41, 5.74) is -1.47. The van der Waals surface area contributed by atoms with Gasteiger partial charge in [0.2, 0.25) is 5.78 Å². The first-order chi connectivity index (χ1) is 18.8. The highest BCUT2D eigenvalue weighted by molar-refractivity contribution is 6.18. The minimum absolute atomic E-state index is 0.0900. The summed E-state index contributed by atoms with van der Waals surface area (Å²) in [7, 11) is 0. The van der Waals surface area contributed by atoms with E-state index in [4.69, 9.17) is 9.47 Å². The number of hydrogen-bond acceptors (Lipinski definition) is 5. The molecule has 0 aliphatic carbocycles. The molecular formula is C27H16F8N2O3. The van der Waals surface area contributed by atoms with Crippen molar-refractivity contribution < 1.29 is 49.4 Å². The second-order valence-electron chi connectivity index (χ2n) is 8.22. The maximum absolute atomic E-state index is 14.1. The minimum atomic E-state index is -4.81. The van der Waals surface area contributed by atoms with Crippen molar-refractivity contribution in [3.8, 4) is 34.0 Å². The average Bonchev–Trinajstić information content (AvgIpc) is 2.90. The highest BCUT2D eigenvalue weighted by Crippen LogP contribution is 2.38. The predicted octanol–water partition coefficient (Wildman–Crippen LogP) is 7.20. The molecule has 0 aliphatic heterocycles. The van der Waals surface area contributed by atoms with E-state index in [9.17, 15) is 39.9 Å². The second kappa shape index (κ2) is 11.3. The average molecular weight is 568 g/mol. The summed E-state index contributed by atoms with van der Waals surface area (Å²) in [6.45, 7) is -3.62. The van der Waals surface area contributed by atoms with Crippen LogP contribution in [0, 0.1) is 11.6 Å². The Morgan fingerprint density at radius 3 is 1.27 bits per heavy atom. The van der Waals surface area contributed by atoms with E-state index >= 15 is 0 Å². The van der Waals surface area contributed by atoms with Gasteiger partial charge >= 0.3 is 12.4 Å². The van der Waals surface area contributed by atoms with Crippen molar-refractivity contribution in [2.24, 2.45) is 0 Å². The van der Waals surface area contributed by atoms with Crippen LogP contribution in [0.5, 0.6) is 11.5 Å². The van der Waals surface area contributed by atoms with Crippen LogP contribution in [0.3, 0.4) is 0 Å². The van der Waals surface area contributed by atoms with Crippen molar-refractivity contribution in [2.75, 3.05) is 13.2 Å². The fourth-order valence-corrected chi connectivity index (χ4v) is 3.67. The van der Waals surface area contributed by atoms with Gasteiger partial charge in [-0.25, -0.2) is 8.78 Å². The molecule has 0 spiro atoms. The first kappa shape index (κ1) is 28.5. The van der Waals surface area contributed by atoms with Crippen molar-refractivity contribution in [1.82, 2.24) is 9.97 Å². The molecule has 208 valence electrons. The number of aromatic nitrogens is 2. The van der Waals surface area contributed by atoms with Gasteiger partial charge in [0.15, 0.2) is 13.2 Å². The zero-order valence-corrected chi connectivity index (χ0v) is 20.0. The Bertz CT molecular complexity index is 1390. The van der Waals surface area contributed by atoms with Gasteiger partial charge in [0, 0.05) is 23.5 Å². The summed E-state index contributed by atoms with van der Waals surface area (Å²) in [6.07, 6.45) is -7.53. The van der Waals surface area contributed by atoms with Gasteiger partial charge in [0.1, 0.15) is 23.1 Å². The Kier molecular flexibility index (Phi) is 8.03. The summed E-state index contributed by atoms with van der Waals surface area (Å²) in [4.78, 5) is 22.2. The molecule has 2 aromatic carbocycles. The maximum atomic E-state index is 14.1. The monoisotopic (exact) mass is 568 g/mol. The number of ether oxygens (including phenoxy) is 2. The van der Waals surface area contributed by atoms with Crippen LogP contribution in [0.4, 0.5) is 35.1 Å². The summed E-state index contributed by atoms with van der Waals surface area (Å²) in [5.74, 6) is -3.68. The smallest absolute Gasteiger partial charge is 0.422 e. The van der Waals surface area contributed by atoms with Gasteiger partial charge in [-0.1, -0.05) is 0 Å². The van der Waals surface area contributed by atoms with Crippen LogP contribution in [-0.4, -0.2) is 41.3 Å². The fraction of sp³-hybridized carbons (Fsp3) is 0.148. The first-order valence-corrected chi connectivity index (χ1v) is 11.3. The van der Waals surface area contributed by atoms with Crippen molar-refractivity contribution in [1.29, 1.82) is 0 Å². The quantitative estimate of drug-likeness (QED) is 0.166. The molecule has 4 rings (SSSR count). The molecule has 0 radical (unpaired) electrons. The van der Waals surface area contributed by atoms with Crippen molar-refractivity contribution in [3.63, 3.8) is 0 Å². The van der Waals surface area contributed by atoms with Gasteiger partial charge in [0.05, 0.1) is 22.5 Å². The Balaban J connectivity index is 1.96. The largest absolute Gasteiger partial charge is 0.483 e. The molecule has 0 bridgehead atoms. The lowest BCUT2D eigenvalue weighted by molar-refractivity contribution is -0.154. The van der Waals surface area contributed by atoms with Crippen molar-refractivity contribution in [3.05, 3.63) is 95.8 Å². The van der Waals surface area contributed by atoms with Crippen LogP contribution in [0.2, 0.25) is 0 Å². The number of ketones is 1. The SMILES string of the molecule is O=C(c1c(OCC(F)(F)F)ccnc1-c1ccc(F)cc1)c1c(OCC(F)(F)F)ccnc1-c1ccc(F)cc1. The maximum Gasteiger partial charge on any atom is 0.422 e. The topological polar surface area (TPSA) is 61.3 Å². The number of nitrogens with zero attached hydrogens (tertiary/aromatic N) is 2. The number of carbonyl (C=O) groups is 1.